The van der Waals surface area contributed by atoms with Gasteiger partial charge in [-0.05, 0) is 31.7 Å². The molecule has 3 heteroatoms. The lowest BCUT2D eigenvalue weighted by Crippen LogP contribution is -2.50. The van der Waals surface area contributed by atoms with E-state index in [0.717, 1.165) is 19.3 Å². The van der Waals surface area contributed by atoms with Gasteiger partial charge in [0.1, 0.15) is 0 Å². The Balaban J connectivity index is 2.11. The summed E-state index contributed by atoms with van der Waals surface area (Å²) in [6, 6.07) is 10.1. The zero-order valence-electron chi connectivity index (χ0n) is 9.53. The van der Waals surface area contributed by atoms with Gasteiger partial charge in [0.25, 0.3) is 0 Å². The molecule has 0 radical (unpaired) electrons. The van der Waals surface area contributed by atoms with Crippen molar-refractivity contribution in [2.24, 2.45) is 0 Å². The Kier molecular flexibility index (Phi) is 3.13. The Hall–Kier alpha value is -1.51. The molecule has 0 unspecified atom stereocenters. The van der Waals surface area contributed by atoms with Gasteiger partial charge >= 0.3 is 6.09 Å². The molecule has 0 saturated heterocycles. The number of alkyl carbamates (subject to hydrolysis) is 1. The van der Waals surface area contributed by atoms with E-state index < -0.39 is 0 Å². The molecule has 0 aliphatic heterocycles. The number of hydrogen-bond acceptors (Lipinski definition) is 2. The summed E-state index contributed by atoms with van der Waals surface area (Å²) in [7, 11) is 0. The summed E-state index contributed by atoms with van der Waals surface area (Å²) >= 11 is 0. The van der Waals surface area contributed by atoms with Crippen molar-refractivity contribution in [3.8, 4) is 0 Å². The zero-order chi connectivity index (χ0) is 11.4. The van der Waals surface area contributed by atoms with E-state index in [1.54, 1.807) is 0 Å². The van der Waals surface area contributed by atoms with Crippen LogP contribution in [0.3, 0.4) is 0 Å². The van der Waals surface area contributed by atoms with Gasteiger partial charge in [0.2, 0.25) is 0 Å². The van der Waals surface area contributed by atoms with Crippen molar-refractivity contribution >= 4 is 6.09 Å². The third-order valence-electron chi connectivity index (χ3n) is 3.15. The second-order valence-corrected chi connectivity index (χ2v) is 4.15. The minimum absolute atomic E-state index is 0.187. The molecule has 86 valence electrons. The van der Waals surface area contributed by atoms with Gasteiger partial charge in [-0.25, -0.2) is 4.79 Å². The van der Waals surface area contributed by atoms with Crippen LogP contribution in [0.2, 0.25) is 0 Å². The van der Waals surface area contributed by atoms with E-state index in [0.29, 0.717) is 6.61 Å². The predicted octanol–water partition coefficient (Wildman–Crippen LogP) is 2.81. The number of carbonyl (C=O) groups excluding carboxylic acids is 1. The molecule has 3 nitrogen and oxygen atoms in total. The molecule has 1 aromatic rings. The van der Waals surface area contributed by atoms with E-state index in [1.165, 1.54) is 5.56 Å². The molecule has 1 N–H and O–H groups in total. The van der Waals surface area contributed by atoms with Gasteiger partial charge < -0.3 is 10.1 Å². The molecule has 1 fully saturated rings. The topological polar surface area (TPSA) is 38.3 Å². The van der Waals surface area contributed by atoms with Crippen LogP contribution in [0.5, 0.6) is 0 Å². The first kappa shape index (κ1) is 11.0. The maximum Gasteiger partial charge on any atom is 0.407 e. The molecule has 1 amide bonds. The van der Waals surface area contributed by atoms with Crippen LogP contribution in [0.15, 0.2) is 30.3 Å². The van der Waals surface area contributed by atoms with Gasteiger partial charge in [0.05, 0.1) is 12.1 Å². The van der Waals surface area contributed by atoms with Crippen LogP contribution >= 0.6 is 0 Å². The average molecular weight is 219 g/mol. The van der Waals surface area contributed by atoms with Gasteiger partial charge in [0, 0.05) is 0 Å². The Morgan fingerprint density at radius 3 is 2.56 bits per heavy atom. The molecule has 1 aromatic carbocycles. The van der Waals surface area contributed by atoms with Crippen LogP contribution in [0.4, 0.5) is 4.79 Å². The number of amides is 1. The molecule has 0 spiro atoms. The maximum absolute atomic E-state index is 11.5. The number of rotatable bonds is 3. The van der Waals surface area contributed by atoms with E-state index in [-0.39, 0.29) is 11.6 Å². The van der Waals surface area contributed by atoms with E-state index in [2.05, 4.69) is 17.4 Å². The van der Waals surface area contributed by atoms with Crippen molar-refractivity contribution < 1.29 is 9.53 Å². The summed E-state index contributed by atoms with van der Waals surface area (Å²) in [4.78, 5) is 11.5. The fraction of sp³-hybridized carbons (Fsp3) is 0.462. The Morgan fingerprint density at radius 1 is 1.38 bits per heavy atom. The van der Waals surface area contributed by atoms with Crippen LogP contribution in [-0.4, -0.2) is 12.7 Å². The van der Waals surface area contributed by atoms with Crippen molar-refractivity contribution in [2.75, 3.05) is 6.61 Å². The summed E-state index contributed by atoms with van der Waals surface area (Å²) in [5.41, 5.74) is 0.988. The van der Waals surface area contributed by atoms with Crippen LogP contribution in [-0.2, 0) is 10.3 Å². The first-order valence-electron chi connectivity index (χ1n) is 5.77. The van der Waals surface area contributed by atoms with Crippen LogP contribution in [0.25, 0.3) is 0 Å². The quantitative estimate of drug-likeness (QED) is 0.848. The summed E-state index contributed by atoms with van der Waals surface area (Å²) < 4.78 is 4.94. The van der Waals surface area contributed by atoms with Crippen LogP contribution < -0.4 is 5.32 Å². The second-order valence-electron chi connectivity index (χ2n) is 4.15. The molecule has 0 aromatic heterocycles. The normalized spacial score (nSPS) is 17.3. The average Bonchev–Trinajstić information content (AvgIpc) is 2.25. The highest BCUT2D eigenvalue weighted by atomic mass is 16.5. The minimum atomic E-state index is -0.314. The SMILES string of the molecule is CCOC(=O)NC1(c2ccccc2)CCC1. The highest BCUT2D eigenvalue weighted by Crippen LogP contribution is 2.41. The summed E-state index contributed by atoms with van der Waals surface area (Å²) in [6.07, 6.45) is 2.83. The molecule has 0 bridgehead atoms. The van der Waals surface area contributed by atoms with E-state index in [1.807, 2.05) is 25.1 Å². The van der Waals surface area contributed by atoms with Gasteiger partial charge in [-0.15, -0.1) is 0 Å². The second kappa shape index (κ2) is 4.56. The van der Waals surface area contributed by atoms with Crippen molar-refractivity contribution in [2.45, 2.75) is 31.7 Å². The lowest BCUT2D eigenvalue weighted by atomic mass is 9.72. The maximum atomic E-state index is 11.5. The molecule has 1 aliphatic rings. The summed E-state index contributed by atoms with van der Waals surface area (Å²) in [5.74, 6) is 0. The number of ether oxygens (including phenoxy) is 1. The number of nitrogens with one attached hydrogen (secondary N) is 1. The monoisotopic (exact) mass is 219 g/mol. The Morgan fingerprint density at radius 2 is 2.06 bits per heavy atom. The van der Waals surface area contributed by atoms with Crippen molar-refractivity contribution in [3.05, 3.63) is 35.9 Å². The lowest BCUT2D eigenvalue weighted by molar-refractivity contribution is 0.115. The van der Waals surface area contributed by atoms with Crippen molar-refractivity contribution in [3.63, 3.8) is 0 Å². The van der Waals surface area contributed by atoms with Crippen LogP contribution in [0.1, 0.15) is 31.7 Å². The van der Waals surface area contributed by atoms with Gasteiger partial charge in [-0.1, -0.05) is 30.3 Å². The molecule has 1 saturated carbocycles. The fourth-order valence-electron chi connectivity index (χ4n) is 2.14. The summed E-state index contributed by atoms with van der Waals surface area (Å²) in [6.45, 7) is 2.23. The molecular weight excluding hydrogens is 202 g/mol. The molecule has 0 atom stereocenters. The summed E-state index contributed by atoms with van der Waals surface area (Å²) in [5, 5.41) is 2.99. The molecule has 16 heavy (non-hydrogen) atoms. The Bertz CT molecular complexity index is 357. The van der Waals surface area contributed by atoms with Crippen molar-refractivity contribution in [1.29, 1.82) is 0 Å². The highest BCUT2D eigenvalue weighted by Gasteiger charge is 2.40. The van der Waals surface area contributed by atoms with Gasteiger partial charge in [-0.3, -0.25) is 0 Å². The smallest absolute Gasteiger partial charge is 0.407 e. The van der Waals surface area contributed by atoms with Gasteiger partial charge in [0.15, 0.2) is 0 Å². The Labute approximate surface area is 95.8 Å². The highest BCUT2D eigenvalue weighted by molar-refractivity contribution is 5.69. The first-order chi connectivity index (χ1) is 7.77. The van der Waals surface area contributed by atoms with E-state index in [4.69, 9.17) is 4.74 Å². The third kappa shape index (κ3) is 2.03. The molecular formula is C13H17NO2. The predicted molar refractivity (Wildman–Crippen MR) is 62.1 cm³/mol. The van der Waals surface area contributed by atoms with Crippen LogP contribution in [0, 0.1) is 0 Å². The molecule has 0 heterocycles. The van der Waals surface area contributed by atoms with E-state index >= 15 is 0 Å². The number of carbonyl (C=O) groups is 1. The fourth-order valence-corrected chi connectivity index (χ4v) is 2.14. The van der Waals surface area contributed by atoms with Crippen molar-refractivity contribution in [1.82, 2.24) is 5.32 Å². The standard InChI is InChI=1S/C13H17NO2/c1-2-16-12(15)14-13(9-6-10-13)11-7-4-3-5-8-11/h3-5,7-8H,2,6,9-10H2,1H3,(H,14,15). The minimum Gasteiger partial charge on any atom is -0.450 e. The largest absolute Gasteiger partial charge is 0.450 e. The molecule has 2 rings (SSSR count). The third-order valence-corrected chi connectivity index (χ3v) is 3.15. The van der Waals surface area contributed by atoms with Gasteiger partial charge in [-0.2, -0.15) is 0 Å². The molecule has 1 aliphatic carbocycles. The first-order valence-corrected chi connectivity index (χ1v) is 5.77. The van der Waals surface area contributed by atoms with E-state index in [9.17, 15) is 4.79 Å². The lowest BCUT2D eigenvalue weighted by Gasteiger charge is -2.42. The number of benzene rings is 1. The zero-order valence-corrected chi connectivity index (χ0v) is 9.53. The number of hydrogen-bond donors (Lipinski definition) is 1.